The van der Waals surface area contributed by atoms with Crippen LogP contribution >= 0.6 is 0 Å². The summed E-state index contributed by atoms with van der Waals surface area (Å²) >= 11 is 0. The maximum absolute atomic E-state index is 5.15. The quantitative estimate of drug-likeness (QED) is 0.105. The largest absolute Gasteiger partial charge is 0.388 e. The molecule has 1 N–H and O–H groups in total. The van der Waals surface area contributed by atoms with Gasteiger partial charge in [0.25, 0.3) is 0 Å². The van der Waals surface area contributed by atoms with Crippen molar-refractivity contribution in [3.8, 4) is 33.4 Å². The minimum absolute atomic E-state index is 0.407. The molecule has 4 heteroatoms. The van der Waals surface area contributed by atoms with E-state index in [0.29, 0.717) is 18.2 Å². The third-order valence-corrected chi connectivity index (χ3v) is 9.97. The van der Waals surface area contributed by atoms with Crippen molar-refractivity contribution in [2.75, 3.05) is 7.05 Å². The lowest BCUT2D eigenvalue weighted by Gasteiger charge is -2.15. The Labute approximate surface area is 330 Å². The summed E-state index contributed by atoms with van der Waals surface area (Å²) in [4.78, 5) is 14.4. The number of nitrogens with one attached hydrogen (secondary N) is 1. The average molecular weight is 725 g/mol. The minimum Gasteiger partial charge on any atom is -0.388 e. The van der Waals surface area contributed by atoms with Crippen LogP contribution in [0.1, 0.15) is 40.3 Å². The van der Waals surface area contributed by atoms with Crippen molar-refractivity contribution in [1.82, 2.24) is 5.32 Å². The molecule has 0 aromatic heterocycles. The van der Waals surface area contributed by atoms with Crippen molar-refractivity contribution < 1.29 is 0 Å². The van der Waals surface area contributed by atoms with E-state index in [1.807, 2.05) is 86.8 Å². The van der Waals surface area contributed by atoms with Crippen LogP contribution in [-0.4, -0.2) is 25.4 Å². The number of amidine groups is 2. The molecule has 0 radical (unpaired) electrons. The Bertz CT molecular complexity index is 2630. The summed E-state index contributed by atoms with van der Waals surface area (Å²) in [6.45, 7) is 14.5. The molecule has 0 saturated heterocycles. The normalized spacial score (nSPS) is 12.0. The molecule has 272 valence electrons. The van der Waals surface area contributed by atoms with Gasteiger partial charge >= 0.3 is 0 Å². The fraction of sp³-hybridized carbons (Fsp3) is 0.0577. The van der Waals surface area contributed by atoms with E-state index in [1.165, 1.54) is 5.39 Å². The highest BCUT2D eigenvalue weighted by molar-refractivity contribution is 6.12. The van der Waals surface area contributed by atoms with Gasteiger partial charge < -0.3 is 5.32 Å². The monoisotopic (exact) mass is 724 g/mol. The Morgan fingerprint density at radius 3 is 1.80 bits per heavy atom. The van der Waals surface area contributed by atoms with Crippen molar-refractivity contribution in [2.45, 2.75) is 13.5 Å². The van der Waals surface area contributed by atoms with Crippen molar-refractivity contribution in [3.05, 3.63) is 210 Å². The van der Waals surface area contributed by atoms with Crippen LogP contribution in [0.4, 0.5) is 0 Å². The molecule has 0 atom stereocenters. The van der Waals surface area contributed by atoms with Gasteiger partial charge in [-0.2, -0.15) is 0 Å². The van der Waals surface area contributed by atoms with Crippen LogP contribution in [-0.2, 0) is 6.54 Å². The molecule has 0 aliphatic rings. The predicted octanol–water partition coefficient (Wildman–Crippen LogP) is 12.8. The van der Waals surface area contributed by atoms with E-state index < -0.39 is 0 Å². The molecule has 56 heavy (non-hydrogen) atoms. The summed E-state index contributed by atoms with van der Waals surface area (Å²) < 4.78 is 0. The van der Waals surface area contributed by atoms with E-state index in [9.17, 15) is 0 Å². The Morgan fingerprint density at radius 2 is 1.18 bits per heavy atom. The summed E-state index contributed by atoms with van der Waals surface area (Å²) in [7, 11) is 1.95. The van der Waals surface area contributed by atoms with E-state index in [-0.39, 0.29) is 0 Å². The Balaban J connectivity index is 1.36. The lowest BCUT2D eigenvalue weighted by atomic mass is 9.89. The molecule has 0 bridgehead atoms. The highest BCUT2D eigenvalue weighted by Gasteiger charge is 2.13. The maximum atomic E-state index is 5.15. The minimum atomic E-state index is 0.407. The van der Waals surface area contributed by atoms with Gasteiger partial charge in [-0.05, 0) is 110 Å². The van der Waals surface area contributed by atoms with Gasteiger partial charge in [0.05, 0.1) is 6.54 Å². The Kier molecular flexibility index (Phi) is 11.5. The second kappa shape index (κ2) is 17.3. The van der Waals surface area contributed by atoms with Gasteiger partial charge in [0.15, 0.2) is 11.7 Å². The summed E-state index contributed by atoms with van der Waals surface area (Å²) in [6.07, 6.45) is 5.92. The van der Waals surface area contributed by atoms with Crippen LogP contribution in [0.5, 0.6) is 0 Å². The predicted molar refractivity (Wildman–Crippen MR) is 242 cm³/mol. The third kappa shape index (κ3) is 8.01. The standard InChI is InChI=1S/C52H44N4/c1-6-37-34-49(48-25-16-15-24-47(48)46(37)7-2)43-23-17-22-42(32-43)45-31-36(30-44(33-45)38-26-28-39(29-27-38)50(8-3)53-4)35-55-52(41-20-13-10-14-21-41)56-51(54-5)40-18-11-9-12-19-40/h6-34,53H,1-2,5,35H2,3-4H3/b50-8-,55-52?,56-51?. The van der Waals surface area contributed by atoms with E-state index in [1.54, 1.807) is 0 Å². The van der Waals surface area contributed by atoms with Crippen LogP contribution < -0.4 is 5.32 Å². The molecule has 0 saturated carbocycles. The first-order valence-electron chi connectivity index (χ1n) is 18.7. The lowest BCUT2D eigenvalue weighted by molar-refractivity contribution is 1.06. The zero-order valence-electron chi connectivity index (χ0n) is 31.9. The molecule has 7 rings (SSSR count). The van der Waals surface area contributed by atoms with Crippen LogP contribution in [0.3, 0.4) is 0 Å². The average Bonchev–Trinajstić information content (AvgIpc) is 3.27. The number of rotatable bonds is 11. The zero-order chi connectivity index (χ0) is 38.9. The second-order valence-electron chi connectivity index (χ2n) is 13.4. The molecule has 7 aromatic carbocycles. The van der Waals surface area contributed by atoms with Crippen molar-refractivity contribution >= 4 is 47.0 Å². The number of fused-ring (bicyclic) bond motifs is 1. The Hall–Kier alpha value is -7.17. The SMILES string of the molecule is C=Cc1cc(-c2cccc(-c3cc(CN=C(N=C(N=C)c4ccccc4)c4ccccc4)cc(-c4ccc(/C(=C/C)NC)cc4)c3)c2)c2ccccc2c1C=C. The van der Waals surface area contributed by atoms with E-state index >= 15 is 0 Å². The van der Waals surface area contributed by atoms with Crippen molar-refractivity contribution in [3.63, 3.8) is 0 Å². The number of hydrogen-bond acceptors (Lipinski definition) is 2. The van der Waals surface area contributed by atoms with Gasteiger partial charge in [-0.15, -0.1) is 0 Å². The number of benzene rings is 7. The fourth-order valence-electron chi connectivity index (χ4n) is 7.16. The molecule has 0 unspecified atom stereocenters. The Morgan fingerprint density at radius 1 is 0.571 bits per heavy atom. The molecule has 0 heterocycles. The summed E-state index contributed by atoms with van der Waals surface area (Å²) in [5.41, 5.74) is 13.9. The van der Waals surface area contributed by atoms with Crippen molar-refractivity contribution in [1.29, 1.82) is 0 Å². The fourth-order valence-corrected chi connectivity index (χ4v) is 7.16. The molecular weight excluding hydrogens is 681 g/mol. The first-order chi connectivity index (χ1) is 27.5. The molecule has 0 aliphatic heterocycles. The van der Waals surface area contributed by atoms with Crippen LogP contribution in [0.2, 0.25) is 0 Å². The highest BCUT2D eigenvalue weighted by atomic mass is 15.0. The molecule has 0 spiro atoms. The molecular formula is C52H44N4. The first kappa shape index (κ1) is 37.2. The van der Waals surface area contributed by atoms with Crippen LogP contribution in [0.15, 0.2) is 192 Å². The van der Waals surface area contributed by atoms with Crippen LogP contribution in [0, 0.1) is 0 Å². The molecule has 0 amide bonds. The highest BCUT2D eigenvalue weighted by Crippen LogP contribution is 2.37. The zero-order valence-corrected chi connectivity index (χ0v) is 31.9. The second-order valence-corrected chi connectivity index (χ2v) is 13.4. The number of allylic oxidation sites excluding steroid dienone is 1. The van der Waals surface area contributed by atoms with E-state index in [4.69, 9.17) is 9.98 Å². The third-order valence-electron chi connectivity index (χ3n) is 9.97. The smallest absolute Gasteiger partial charge is 0.161 e. The lowest BCUT2D eigenvalue weighted by Crippen LogP contribution is -2.05. The first-order valence-corrected chi connectivity index (χ1v) is 18.7. The summed E-state index contributed by atoms with van der Waals surface area (Å²) in [5.74, 6) is 1.11. The van der Waals surface area contributed by atoms with Gasteiger partial charge in [-0.3, -0.25) is 4.99 Å². The van der Waals surface area contributed by atoms with Gasteiger partial charge in [0, 0.05) is 23.9 Å². The molecule has 0 fully saturated rings. The number of aliphatic imine (C=N–C) groups is 3. The summed E-state index contributed by atoms with van der Waals surface area (Å²) in [5, 5.41) is 5.63. The summed E-state index contributed by atoms with van der Waals surface area (Å²) in [6, 6.07) is 54.9. The molecule has 7 aromatic rings. The van der Waals surface area contributed by atoms with Gasteiger partial charge in [0.2, 0.25) is 0 Å². The van der Waals surface area contributed by atoms with E-state index in [0.717, 1.165) is 77.8 Å². The van der Waals surface area contributed by atoms with Crippen molar-refractivity contribution in [2.24, 2.45) is 15.0 Å². The van der Waals surface area contributed by atoms with Gasteiger partial charge in [-0.1, -0.05) is 159 Å². The topological polar surface area (TPSA) is 49.1 Å². The number of hydrogen-bond donors (Lipinski definition) is 1. The van der Waals surface area contributed by atoms with Gasteiger partial charge in [0.1, 0.15) is 0 Å². The maximum Gasteiger partial charge on any atom is 0.161 e. The van der Waals surface area contributed by atoms with Crippen LogP contribution in [0.25, 0.3) is 62.0 Å². The molecule has 0 aliphatic carbocycles. The van der Waals surface area contributed by atoms with Gasteiger partial charge in [-0.25, -0.2) is 9.98 Å². The molecule has 4 nitrogen and oxygen atoms in total. The van der Waals surface area contributed by atoms with E-state index in [2.05, 4.69) is 133 Å². The number of nitrogens with zero attached hydrogens (tertiary/aromatic N) is 3.